The predicted octanol–water partition coefficient (Wildman–Crippen LogP) is 2.08. The van der Waals surface area contributed by atoms with E-state index in [0.717, 1.165) is 23.6 Å². The van der Waals surface area contributed by atoms with Crippen molar-refractivity contribution in [3.63, 3.8) is 0 Å². The molecule has 20 heavy (non-hydrogen) atoms. The first-order valence-electron chi connectivity index (χ1n) is 6.75. The zero-order valence-corrected chi connectivity index (χ0v) is 12.5. The van der Waals surface area contributed by atoms with Crippen LogP contribution in [0.15, 0.2) is 24.4 Å². The van der Waals surface area contributed by atoms with Gasteiger partial charge in [-0.3, -0.25) is 10.5 Å². The van der Waals surface area contributed by atoms with E-state index in [0.29, 0.717) is 0 Å². The Morgan fingerprint density at radius 1 is 1.40 bits per heavy atom. The molecule has 2 rings (SSSR count). The van der Waals surface area contributed by atoms with Crippen molar-refractivity contribution in [1.29, 1.82) is 0 Å². The van der Waals surface area contributed by atoms with Crippen molar-refractivity contribution >= 4 is 0 Å². The van der Waals surface area contributed by atoms with Gasteiger partial charge in [-0.2, -0.15) is 5.10 Å². The Bertz CT molecular complexity index is 570. The number of hydrazine groups is 1. The Balaban J connectivity index is 2.57. The van der Waals surface area contributed by atoms with E-state index in [4.69, 9.17) is 10.6 Å². The number of methoxy groups -OCH3 is 1. The highest BCUT2D eigenvalue weighted by Crippen LogP contribution is 2.31. The molecule has 2 aromatic rings. The lowest BCUT2D eigenvalue weighted by Crippen LogP contribution is -2.31. The average Bonchev–Trinajstić information content (AvgIpc) is 2.86. The molecule has 1 heterocycles. The maximum absolute atomic E-state index is 5.82. The van der Waals surface area contributed by atoms with Crippen LogP contribution in [0.1, 0.15) is 35.3 Å². The van der Waals surface area contributed by atoms with Crippen molar-refractivity contribution in [2.24, 2.45) is 5.84 Å². The molecule has 5 heteroatoms. The molecule has 0 saturated carbocycles. The van der Waals surface area contributed by atoms with Crippen molar-refractivity contribution in [1.82, 2.24) is 15.2 Å². The summed E-state index contributed by atoms with van der Waals surface area (Å²) in [6, 6.07) is 6.20. The molecule has 0 aliphatic heterocycles. The summed E-state index contributed by atoms with van der Waals surface area (Å²) >= 11 is 0. The fourth-order valence-corrected chi connectivity index (χ4v) is 2.47. The second-order valence-electron chi connectivity index (χ2n) is 4.87. The van der Waals surface area contributed by atoms with Gasteiger partial charge in [-0.25, -0.2) is 5.43 Å². The number of nitrogens with two attached hydrogens (primary N) is 1. The molecule has 0 amide bonds. The Kier molecular flexibility index (Phi) is 4.42. The minimum atomic E-state index is -0.146. The molecule has 0 spiro atoms. The van der Waals surface area contributed by atoms with Gasteiger partial charge >= 0.3 is 0 Å². The van der Waals surface area contributed by atoms with Crippen LogP contribution in [0.3, 0.4) is 0 Å². The quantitative estimate of drug-likeness (QED) is 0.647. The van der Waals surface area contributed by atoms with Crippen molar-refractivity contribution in [2.45, 2.75) is 33.4 Å². The standard InChI is InChI=1S/C15H22N4O/c1-5-19-15(13(20-4)9-17-19)14(18-16)12-8-10(2)6-7-11(12)3/h6-9,14,18H,5,16H2,1-4H3. The molecule has 5 nitrogen and oxygen atoms in total. The lowest BCUT2D eigenvalue weighted by Gasteiger charge is -2.21. The highest BCUT2D eigenvalue weighted by molar-refractivity contribution is 5.41. The number of nitrogens with one attached hydrogen (secondary N) is 1. The molecular formula is C15H22N4O. The van der Waals surface area contributed by atoms with Gasteiger partial charge in [0.15, 0.2) is 5.75 Å². The fraction of sp³-hybridized carbons (Fsp3) is 0.400. The summed E-state index contributed by atoms with van der Waals surface area (Å²) in [5.74, 6) is 6.56. The van der Waals surface area contributed by atoms with Crippen LogP contribution in [-0.2, 0) is 6.54 Å². The highest BCUT2D eigenvalue weighted by Gasteiger charge is 2.23. The van der Waals surface area contributed by atoms with Crippen molar-refractivity contribution in [3.05, 3.63) is 46.8 Å². The van der Waals surface area contributed by atoms with Crippen molar-refractivity contribution < 1.29 is 4.74 Å². The summed E-state index contributed by atoms with van der Waals surface area (Å²) in [4.78, 5) is 0. The number of hydrogen-bond donors (Lipinski definition) is 2. The Hall–Kier alpha value is -1.85. The Morgan fingerprint density at radius 3 is 2.75 bits per heavy atom. The lowest BCUT2D eigenvalue weighted by atomic mass is 9.96. The van der Waals surface area contributed by atoms with Crippen LogP contribution >= 0.6 is 0 Å². The van der Waals surface area contributed by atoms with Gasteiger partial charge in [0.05, 0.1) is 19.3 Å². The molecule has 1 unspecified atom stereocenters. The third-order valence-electron chi connectivity index (χ3n) is 3.55. The van der Waals surface area contributed by atoms with E-state index in [2.05, 4.69) is 42.6 Å². The van der Waals surface area contributed by atoms with E-state index in [1.165, 1.54) is 11.1 Å². The number of rotatable bonds is 5. The van der Waals surface area contributed by atoms with Crippen LogP contribution in [0.25, 0.3) is 0 Å². The first-order valence-corrected chi connectivity index (χ1v) is 6.75. The second-order valence-corrected chi connectivity index (χ2v) is 4.87. The maximum Gasteiger partial charge on any atom is 0.161 e. The fourth-order valence-electron chi connectivity index (χ4n) is 2.47. The molecule has 1 atom stereocenters. The summed E-state index contributed by atoms with van der Waals surface area (Å²) < 4.78 is 7.33. The second kappa shape index (κ2) is 6.07. The van der Waals surface area contributed by atoms with Crippen LogP contribution in [0.4, 0.5) is 0 Å². The van der Waals surface area contributed by atoms with Gasteiger partial charge in [-0.05, 0) is 31.9 Å². The van der Waals surface area contributed by atoms with E-state index in [1.54, 1.807) is 13.3 Å². The molecule has 0 bridgehead atoms. The first-order chi connectivity index (χ1) is 9.62. The number of benzene rings is 1. The molecule has 0 aliphatic carbocycles. The van der Waals surface area contributed by atoms with E-state index >= 15 is 0 Å². The summed E-state index contributed by atoms with van der Waals surface area (Å²) in [5.41, 5.74) is 7.37. The molecule has 0 radical (unpaired) electrons. The van der Waals surface area contributed by atoms with Crippen LogP contribution < -0.4 is 16.0 Å². The number of ether oxygens (including phenoxy) is 1. The normalized spacial score (nSPS) is 12.4. The van der Waals surface area contributed by atoms with Crippen molar-refractivity contribution in [3.8, 4) is 5.75 Å². The summed E-state index contributed by atoms with van der Waals surface area (Å²) in [5, 5.41) is 4.35. The Morgan fingerprint density at radius 2 is 2.15 bits per heavy atom. The van der Waals surface area contributed by atoms with E-state index in [-0.39, 0.29) is 6.04 Å². The molecular weight excluding hydrogens is 252 g/mol. The van der Waals surface area contributed by atoms with Gasteiger partial charge in [0, 0.05) is 6.54 Å². The van der Waals surface area contributed by atoms with E-state index < -0.39 is 0 Å². The number of nitrogens with zero attached hydrogens (tertiary/aromatic N) is 2. The zero-order valence-electron chi connectivity index (χ0n) is 12.5. The molecule has 0 saturated heterocycles. The number of hydrogen-bond acceptors (Lipinski definition) is 4. The Labute approximate surface area is 119 Å². The molecule has 0 fully saturated rings. The average molecular weight is 274 g/mol. The minimum Gasteiger partial charge on any atom is -0.493 e. The highest BCUT2D eigenvalue weighted by atomic mass is 16.5. The SMILES string of the molecule is CCn1ncc(OC)c1C(NN)c1cc(C)ccc1C. The van der Waals surface area contributed by atoms with Crippen LogP contribution in [0.5, 0.6) is 5.75 Å². The van der Waals surface area contributed by atoms with Crippen LogP contribution in [-0.4, -0.2) is 16.9 Å². The number of aromatic nitrogens is 2. The van der Waals surface area contributed by atoms with Gasteiger partial charge in [0.25, 0.3) is 0 Å². The smallest absolute Gasteiger partial charge is 0.161 e. The van der Waals surface area contributed by atoms with E-state index in [9.17, 15) is 0 Å². The van der Waals surface area contributed by atoms with E-state index in [1.807, 2.05) is 11.6 Å². The maximum atomic E-state index is 5.82. The predicted molar refractivity (Wildman–Crippen MR) is 79.5 cm³/mol. The third-order valence-corrected chi connectivity index (χ3v) is 3.55. The van der Waals surface area contributed by atoms with Crippen molar-refractivity contribution in [2.75, 3.05) is 7.11 Å². The molecule has 0 aliphatic rings. The van der Waals surface area contributed by atoms with Gasteiger partial charge < -0.3 is 4.74 Å². The largest absolute Gasteiger partial charge is 0.493 e. The first kappa shape index (κ1) is 14.6. The summed E-state index contributed by atoms with van der Waals surface area (Å²) in [6.45, 7) is 6.97. The topological polar surface area (TPSA) is 65.1 Å². The molecule has 1 aromatic carbocycles. The van der Waals surface area contributed by atoms with Gasteiger partial charge in [0.1, 0.15) is 5.69 Å². The number of aryl methyl sites for hydroxylation is 3. The van der Waals surface area contributed by atoms with Crippen LogP contribution in [0, 0.1) is 13.8 Å². The van der Waals surface area contributed by atoms with Crippen LogP contribution in [0.2, 0.25) is 0 Å². The summed E-state index contributed by atoms with van der Waals surface area (Å²) in [7, 11) is 1.65. The lowest BCUT2D eigenvalue weighted by molar-refractivity contribution is 0.399. The monoisotopic (exact) mass is 274 g/mol. The molecule has 1 aromatic heterocycles. The molecule has 108 valence electrons. The molecule has 3 N–H and O–H groups in total. The van der Waals surface area contributed by atoms with Gasteiger partial charge in [-0.1, -0.05) is 23.8 Å². The minimum absolute atomic E-state index is 0.146. The van der Waals surface area contributed by atoms with Gasteiger partial charge in [0.2, 0.25) is 0 Å². The zero-order chi connectivity index (χ0) is 14.7. The van der Waals surface area contributed by atoms with Gasteiger partial charge in [-0.15, -0.1) is 0 Å². The third kappa shape index (κ3) is 2.55. The summed E-state index contributed by atoms with van der Waals surface area (Å²) in [6.07, 6.45) is 1.73.